The first-order chi connectivity index (χ1) is 44.2. The Labute approximate surface area is 547 Å². The molecule has 0 amide bonds. The van der Waals surface area contributed by atoms with Crippen LogP contribution in [0.4, 0.5) is 65.0 Å². The molecule has 492 valence electrons. The first-order valence-corrected chi connectivity index (χ1v) is 30.9. The van der Waals surface area contributed by atoms with Crippen molar-refractivity contribution in [1.29, 1.82) is 0 Å². The normalized spacial score (nSPS) is 10.9. The van der Waals surface area contributed by atoms with E-state index in [1.807, 2.05) is 19.9 Å². The average molecular weight is 1370 g/mol. The molecule has 5 aromatic carbocycles. The van der Waals surface area contributed by atoms with E-state index in [1.54, 1.807) is 141 Å². The number of anilines is 9. The summed E-state index contributed by atoms with van der Waals surface area (Å²) in [5.74, 6) is 2.53. The quantitative estimate of drug-likeness (QED) is 0.0371. The number of aryl methyl sites for hydroxylation is 4. The Morgan fingerprint density at radius 1 is 0.521 bits per heavy atom. The summed E-state index contributed by atoms with van der Waals surface area (Å²) < 4.78 is 119. The van der Waals surface area contributed by atoms with Crippen molar-refractivity contribution in [1.82, 2.24) is 45.4 Å². The van der Waals surface area contributed by atoms with Crippen molar-refractivity contribution >= 4 is 95.1 Å². The molecule has 11 rings (SSSR count). The summed E-state index contributed by atoms with van der Waals surface area (Å²) in [5.41, 5.74) is 10.7. The van der Waals surface area contributed by atoms with Gasteiger partial charge in [0.2, 0.25) is 36.6 Å². The van der Waals surface area contributed by atoms with Crippen LogP contribution in [-0.2, 0) is 39.9 Å². The van der Waals surface area contributed by atoms with E-state index in [0.29, 0.717) is 81.6 Å². The molecular weight excluding hydrogens is 1310 g/mol. The number of hydrogen-bond donors (Lipinski definition) is 5. The van der Waals surface area contributed by atoms with Gasteiger partial charge in [0.1, 0.15) is 71.4 Å². The second-order valence-electron chi connectivity index (χ2n) is 19.7. The van der Waals surface area contributed by atoms with Crippen molar-refractivity contribution in [2.24, 2.45) is 10.3 Å². The molecule has 8 N–H and O–H groups in total. The summed E-state index contributed by atoms with van der Waals surface area (Å²) >= 11 is 11.4. The molecule has 11 aromatic rings. The number of aromatic nitrogens is 9. The van der Waals surface area contributed by atoms with E-state index in [2.05, 4.69) is 56.0 Å². The summed E-state index contributed by atoms with van der Waals surface area (Å²) in [4.78, 5) is 26.2. The van der Waals surface area contributed by atoms with Crippen LogP contribution in [0.5, 0.6) is 17.2 Å². The molecule has 0 bridgehead atoms. The highest BCUT2D eigenvalue weighted by molar-refractivity contribution is 7.89. The average Bonchev–Trinajstić information content (AvgIpc) is 1.51. The molecule has 33 heteroatoms. The maximum absolute atomic E-state index is 14.6. The fourth-order valence-corrected chi connectivity index (χ4v) is 9.58. The van der Waals surface area contributed by atoms with Crippen molar-refractivity contribution in [3.63, 3.8) is 0 Å². The molecule has 0 unspecified atom stereocenters. The maximum Gasteiger partial charge on any atom is 0.238 e. The molecule has 6 heterocycles. The van der Waals surface area contributed by atoms with Crippen LogP contribution < -0.4 is 50.7 Å². The van der Waals surface area contributed by atoms with Crippen LogP contribution >= 0.6 is 23.2 Å². The van der Waals surface area contributed by atoms with Gasteiger partial charge in [-0.15, -0.1) is 0 Å². The van der Waals surface area contributed by atoms with E-state index in [-0.39, 0.29) is 57.8 Å². The van der Waals surface area contributed by atoms with E-state index < -0.39 is 37.5 Å². The molecule has 0 saturated carbocycles. The molecule has 0 atom stereocenters. The first-order valence-electron chi connectivity index (χ1n) is 27.1. The standard InChI is InChI=1S/C23H23FN6O4S.C16H14ClFN4O2.C15H12ClFN4O2.C6H8N2O2S.CH4/c1-14-4-5-16(11-21(14)35(25,31)32)27-23-26-12-20(24)22(28-23)30(3)18-6-8-19(9-7-18)33-13-17-10-15(2)34-29-17;1-10-7-11(21-24-10)9-23-13-5-3-12(4-6-13)22(2)15-14(18)8-19-16(17)20-15;1-9-6-11(21-23-9)8-22-12-4-2-10(3-5-12)19-14-13(17)7-18-15(16)20-14;7-5-2-1-3-6(4-5)11(8,9)10;/h4-12H,13H2,1-3H3,(H2,25,31,32)(H,26,27,28);3-8H,9H2,1-2H3;2-7H,8H2,1H3,(H,18,19,20);1-4H,7H2,(H2,8,9,10);1H4. The number of ether oxygens (including phenoxy) is 3. The molecule has 26 nitrogen and oxygen atoms in total. The Hall–Kier alpha value is -10.4. The van der Waals surface area contributed by atoms with Gasteiger partial charge >= 0.3 is 0 Å². The van der Waals surface area contributed by atoms with E-state index in [0.717, 1.165) is 35.8 Å². The summed E-state index contributed by atoms with van der Waals surface area (Å²) in [7, 11) is -4.16. The summed E-state index contributed by atoms with van der Waals surface area (Å²) in [6.07, 6.45) is 3.08. The number of halogens is 5. The lowest BCUT2D eigenvalue weighted by molar-refractivity contribution is 0.287. The fourth-order valence-electron chi connectivity index (χ4n) is 7.94. The van der Waals surface area contributed by atoms with Gasteiger partial charge in [0, 0.05) is 60.7 Å². The lowest BCUT2D eigenvalue weighted by Gasteiger charge is -2.20. The molecule has 94 heavy (non-hydrogen) atoms. The second kappa shape index (κ2) is 32.2. The minimum absolute atomic E-state index is 0. The highest BCUT2D eigenvalue weighted by Crippen LogP contribution is 2.31. The number of nitrogen functional groups attached to an aromatic ring is 1. The number of nitrogens with two attached hydrogens (primary N) is 3. The Bertz CT molecular complexity index is 4560. The fraction of sp³-hybridized carbons (Fsp3) is 0.164. The largest absolute Gasteiger partial charge is 0.487 e. The van der Waals surface area contributed by atoms with Gasteiger partial charge in [-0.05, 0) is 160 Å². The van der Waals surface area contributed by atoms with Gasteiger partial charge in [-0.2, -0.15) is 15.0 Å². The Morgan fingerprint density at radius 3 is 1.39 bits per heavy atom. The highest BCUT2D eigenvalue weighted by Gasteiger charge is 2.18. The zero-order chi connectivity index (χ0) is 67.0. The maximum atomic E-state index is 14.6. The van der Waals surface area contributed by atoms with E-state index >= 15 is 0 Å². The topological polar surface area (TPSA) is 360 Å². The number of rotatable bonds is 19. The van der Waals surface area contributed by atoms with Crippen molar-refractivity contribution in [3.05, 3.63) is 220 Å². The molecule has 0 aliphatic rings. The van der Waals surface area contributed by atoms with Gasteiger partial charge in [-0.1, -0.05) is 35.0 Å². The molecular formula is C61H61Cl2F3N16O10S2. The van der Waals surface area contributed by atoms with Crippen molar-refractivity contribution < 1.29 is 57.8 Å². The zero-order valence-corrected chi connectivity index (χ0v) is 53.1. The highest BCUT2D eigenvalue weighted by atomic mass is 35.5. The Balaban J connectivity index is 0.000000188. The number of benzene rings is 5. The van der Waals surface area contributed by atoms with Gasteiger partial charge in [-0.3, -0.25) is 0 Å². The number of nitrogens with one attached hydrogen (secondary N) is 2. The molecule has 0 fully saturated rings. The third-order valence-corrected chi connectivity index (χ3v) is 14.8. The van der Waals surface area contributed by atoms with Crippen LogP contribution in [0.15, 0.2) is 175 Å². The van der Waals surface area contributed by atoms with Gasteiger partial charge in [0.05, 0.1) is 28.4 Å². The minimum atomic E-state index is -3.90. The van der Waals surface area contributed by atoms with Crippen molar-refractivity contribution in [2.45, 2.75) is 64.7 Å². The summed E-state index contributed by atoms with van der Waals surface area (Å²) in [5, 5.41) is 27.4. The van der Waals surface area contributed by atoms with Crippen molar-refractivity contribution in [3.8, 4) is 17.2 Å². The van der Waals surface area contributed by atoms with E-state index in [1.165, 1.54) is 24.3 Å². The lowest BCUT2D eigenvalue weighted by atomic mass is 10.2. The second-order valence-corrected chi connectivity index (χ2v) is 23.5. The monoisotopic (exact) mass is 1370 g/mol. The predicted octanol–water partition coefficient (Wildman–Crippen LogP) is 12.3. The lowest BCUT2D eigenvalue weighted by Crippen LogP contribution is -2.15. The third kappa shape index (κ3) is 20.8. The number of hydrogen-bond acceptors (Lipinski definition) is 24. The molecule has 0 spiro atoms. The van der Waals surface area contributed by atoms with Crippen LogP contribution in [0.25, 0.3) is 0 Å². The first kappa shape index (κ1) is 71.0. The summed E-state index contributed by atoms with van der Waals surface area (Å²) in [6, 6.07) is 37.0. The Kier molecular flexibility index (Phi) is 24.3. The zero-order valence-electron chi connectivity index (χ0n) is 50.0. The van der Waals surface area contributed by atoms with Crippen LogP contribution in [0, 0.1) is 45.1 Å². The molecule has 6 aromatic heterocycles. The van der Waals surface area contributed by atoms with Gasteiger partial charge in [0.15, 0.2) is 34.9 Å². The summed E-state index contributed by atoms with van der Waals surface area (Å²) in [6.45, 7) is 7.94. The van der Waals surface area contributed by atoms with E-state index in [9.17, 15) is 30.0 Å². The number of primary sulfonamides is 2. The van der Waals surface area contributed by atoms with Crippen LogP contribution in [-0.4, -0.2) is 76.3 Å². The molecule has 0 aliphatic carbocycles. The minimum Gasteiger partial charge on any atom is -0.487 e. The third-order valence-electron chi connectivity index (χ3n) is 12.5. The van der Waals surface area contributed by atoms with Crippen LogP contribution in [0.2, 0.25) is 10.6 Å². The van der Waals surface area contributed by atoms with Crippen LogP contribution in [0.1, 0.15) is 47.4 Å². The molecule has 0 radical (unpaired) electrons. The smallest absolute Gasteiger partial charge is 0.238 e. The number of nitrogens with zero attached hydrogens (tertiary/aromatic N) is 11. The van der Waals surface area contributed by atoms with Crippen molar-refractivity contribution in [2.75, 3.05) is 40.3 Å². The molecule has 0 aliphatic heterocycles. The van der Waals surface area contributed by atoms with Crippen LogP contribution in [0.3, 0.4) is 0 Å². The number of sulfonamides is 2. The van der Waals surface area contributed by atoms with Gasteiger partial charge in [-0.25, -0.2) is 55.2 Å². The Morgan fingerprint density at radius 2 is 0.957 bits per heavy atom. The predicted molar refractivity (Wildman–Crippen MR) is 346 cm³/mol. The van der Waals surface area contributed by atoms with Gasteiger partial charge in [0.25, 0.3) is 0 Å². The van der Waals surface area contributed by atoms with E-state index in [4.69, 9.17) is 67.0 Å². The van der Waals surface area contributed by atoms with Gasteiger partial charge < -0.3 is 53.9 Å². The molecule has 0 saturated heterocycles. The SMILES string of the molecule is C.Cc1cc(COc2ccc(N(C)c3nc(Cl)ncc3F)cc2)no1.Cc1cc(COc2ccc(N(C)c3nc(Nc4ccc(C)c(S(N)(=O)=O)c4)ncc3F)cc2)no1.Cc1cc(COc2ccc(Nc3nc(Cl)ncc3F)cc2)no1.Nc1cccc(S(N)(=O)=O)c1.